The van der Waals surface area contributed by atoms with Gasteiger partial charge in [-0.1, -0.05) is 11.8 Å². The molecule has 14 heavy (non-hydrogen) atoms. The van der Waals surface area contributed by atoms with Gasteiger partial charge in [-0.05, 0) is 20.1 Å². The molecule has 0 amide bonds. The molecule has 0 atom stereocenters. The van der Waals surface area contributed by atoms with Crippen LogP contribution in [0.25, 0.3) is 0 Å². The monoisotopic (exact) mass is 217 g/mol. The summed E-state index contributed by atoms with van der Waals surface area (Å²) < 4.78 is 0.860. The van der Waals surface area contributed by atoms with Crippen molar-refractivity contribution in [2.75, 3.05) is 6.26 Å². The molecule has 1 aliphatic heterocycles. The molecule has 80 valence electrons. The molecule has 0 N–H and O–H groups in total. The van der Waals surface area contributed by atoms with E-state index in [1.165, 1.54) is 16.8 Å². The van der Waals surface area contributed by atoms with Gasteiger partial charge in [0, 0.05) is 13.8 Å². The zero-order valence-corrected chi connectivity index (χ0v) is 9.88. The van der Waals surface area contributed by atoms with Gasteiger partial charge in [0.2, 0.25) is 0 Å². The lowest BCUT2D eigenvalue weighted by Gasteiger charge is -2.29. The van der Waals surface area contributed by atoms with E-state index in [9.17, 15) is 10.1 Å². The molecule has 0 radical (unpaired) electrons. The Labute approximate surface area is 87.7 Å². The van der Waals surface area contributed by atoms with E-state index in [1.54, 1.807) is 13.8 Å². The molecule has 0 unspecified atom stereocenters. The summed E-state index contributed by atoms with van der Waals surface area (Å²) in [5.41, 5.74) is -1.52. The summed E-state index contributed by atoms with van der Waals surface area (Å²) in [5.74, 6) is 0. The van der Waals surface area contributed by atoms with Crippen LogP contribution in [0.1, 0.15) is 27.7 Å². The fourth-order valence-corrected chi connectivity index (χ4v) is 2.87. The topological polar surface area (TPSA) is 58.7 Å². The van der Waals surface area contributed by atoms with Gasteiger partial charge in [-0.15, -0.1) is 4.91 Å². The van der Waals surface area contributed by atoms with Gasteiger partial charge in [-0.3, -0.25) is 0 Å². The third kappa shape index (κ3) is 1.20. The van der Waals surface area contributed by atoms with Crippen molar-refractivity contribution < 1.29 is 4.74 Å². The molecule has 0 bridgehead atoms. The molecule has 1 rings (SSSR count). The average Bonchev–Trinajstić information content (AvgIpc) is 2.16. The van der Waals surface area contributed by atoms with Gasteiger partial charge in [-0.2, -0.15) is 9.75 Å². The Morgan fingerprint density at radius 2 is 1.93 bits per heavy atom. The predicted molar refractivity (Wildman–Crippen MR) is 57.9 cm³/mol. The van der Waals surface area contributed by atoms with Crippen LogP contribution in [0.4, 0.5) is 0 Å². The van der Waals surface area contributed by atoms with Crippen molar-refractivity contribution in [3.63, 3.8) is 0 Å². The van der Waals surface area contributed by atoms with Crippen LogP contribution in [0, 0.1) is 10.1 Å². The molecule has 0 fully saturated rings. The third-order valence-corrected chi connectivity index (χ3v) is 3.58. The lowest BCUT2D eigenvalue weighted by Crippen LogP contribution is -2.49. The molecular weight excluding hydrogens is 202 g/mol. The summed E-state index contributed by atoms with van der Waals surface area (Å²) in [6.07, 6.45) is 1.83. The summed E-state index contributed by atoms with van der Waals surface area (Å²) >= 11 is 1.36. The number of thioether (sulfide) groups is 1. The van der Waals surface area contributed by atoms with Crippen molar-refractivity contribution in [1.29, 1.82) is 0 Å². The molecule has 0 aliphatic carbocycles. The fraction of sp³-hybridized carbons (Fsp3) is 0.875. The zero-order valence-electron chi connectivity index (χ0n) is 9.07. The van der Waals surface area contributed by atoms with Crippen LogP contribution in [0.2, 0.25) is 0 Å². The first-order chi connectivity index (χ1) is 6.30. The van der Waals surface area contributed by atoms with Gasteiger partial charge in [0.25, 0.3) is 10.7 Å². The highest BCUT2D eigenvalue weighted by Crippen LogP contribution is 2.37. The summed E-state index contributed by atoms with van der Waals surface area (Å²) in [7, 11) is 0. The summed E-state index contributed by atoms with van der Waals surface area (Å²) in [6, 6.07) is 0. The van der Waals surface area contributed by atoms with Crippen molar-refractivity contribution in [2.45, 2.75) is 38.9 Å². The van der Waals surface area contributed by atoms with Crippen molar-refractivity contribution >= 4 is 16.8 Å². The summed E-state index contributed by atoms with van der Waals surface area (Å²) in [4.78, 5) is 10.7. The Balaban J connectivity index is 3.30. The Hall–Kier alpha value is -0.780. The SMILES string of the molecule is CSC1=[N+]([O-])C(C)(C)N(N=O)C1(C)C. The van der Waals surface area contributed by atoms with Crippen molar-refractivity contribution in [2.24, 2.45) is 5.29 Å². The highest BCUT2D eigenvalue weighted by Gasteiger charge is 2.57. The van der Waals surface area contributed by atoms with Crippen molar-refractivity contribution in [3.05, 3.63) is 10.1 Å². The molecule has 0 aromatic rings. The first kappa shape index (κ1) is 11.3. The molecule has 0 saturated heterocycles. The highest BCUT2D eigenvalue weighted by atomic mass is 32.2. The van der Waals surface area contributed by atoms with Crippen LogP contribution in [-0.4, -0.2) is 32.2 Å². The van der Waals surface area contributed by atoms with Crippen LogP contribution in [-0.2, 0) is 0 Å². The van der Waals surface area contributed by atoms with Crippen molar-refractivity contribution in [1.82, 2.24) is 5.01 Å². The zero-order chi connectivity index (χ0) is 11.1. The second kappa shape index (κ2) is 3.12. The number of nitrogens with zero attached hydrogens (tertiary/aromatic N) is 3. The Morgan fingerprint density at radius 3 is 2.14 bits per heavy atom. The molecular formula is C8H15N3O2S. The minimum atomic E-state index is -0.899. The van der Waals surface area contributed by atoms with Gasteiger partial charge in [-0.25, -0.2) is 0 Å². The van der Waals surface area contributed by atoms with E-state index in [1.807, 2.05) is 20.1 Å². The Bertz CT molecular complexity index is 299. The standard InChI is InChI=1S/C8H15N3O2S/c1-7(2)6(14-5)10(13)8(3,4)11(7)9-12/h1-5H3. The normalized spacial score (nSPS) is 24.2. The van der Waals surface area contributed by atoms with E-state index in [2.05, 4.69) is 5.29 Å². The molecule has 0 spiro atoms. The van der Waals surface area contributed by atoms with Crippen molar-refractivity contribution in [3.8, 4) is 0 Å². The minimum Gasteiger partial charge on any atom is -0.621 e. The van der Waals surface area contributed by atoms with Gasteiger partial charge in [0.15, 0.2) is 5.54 Å². The number of hydrogen-bond donors (Lipinski definition) is 0. The maximum absolute atomic E-state index is 11.9. The third-order valence-electron chi connectivity index (χ3n) is 2.53. The summed E-state index contributed by atoms with van der Waals surface area (Å²) in [5, 5.41) is 16.7. The van der Waals surface area contributed by atoms with Crippen LogP contribution in [0.3, 0.4) is 0 Å². The fourth-order valence-electron chi connectivity index (χ4n) is 1.89. The largest absolute Gasteiger partial charge is 0.621 e. The first-order valence-corrected chi connectivity index (χ1v) is 5.55. The quantitative estimate of drug-likeness (QED) is 0.381. The molecule has 5 nitrogen and oxygen atoms in total. The Kier molecular flexibility index (Phi) is 2.51. The van der Waals surface area contributed by atoms with Gasteiger partial charge < -0.3 is 5.21 Å². The number of nitroso groups, excluding NO2 is 1. The van der Waals surface area contributed by atoms with Crippen LogP contribution < -0.4 is 0 Å². The molecule has 6 heteroatoms. The number of hydroxylamine groups is 1. The minimum absolute atomic E-state index is 0.613. The molecule has 0 aromatic heterocycles. The summed E-state index contributed by atoms with van der Waals surface area (Å²) in [6.45, 7) is 7.01. The van der Waals surface area contributed by atoms with E-state index in [4.69, 9.17) is 0 Å². The average molecular weight is 217 g/mol. The lowest BCUT2D eigenvalue weighted by atomic mass is 10.1. The maximum Gasteiger partial charge on any atom is 0.261 e. The maximum atomic E-state index is 11.9. The van der Waals surface area contributed by atoms with E-state index in [-0.39, 0.29) is 0 Å². The molecule has 1 heterocycles. The van der Waals surface area contributed by atoms with Gasteiger partial charge in [0.05, 0.1) is 5.29 Å². The molecule has 1 aliphatic rings. The predicted octanol–water partition coefficient (Wildman–Crippen LogP) is 1.77. The van der Waals surface area contributed by atoms with E-state index in [0.717, 1.165) is 4.74 Å². The first-order valence-electron chi connectivity index (χ1n) is 4.32. The van der Waals surface area contributed by atoms with Gasteiger partial charge in [0.1, 0.15) is 0 Å². The second-order valence-electron chi connectivity index (χ2n) is 4.25. The second-order valence-corrected chi connectivity index (χ2v) is 5.05. The Morgan fingerprint density at radius 1 is 1.43 bits per heavy atom. The number of rotatable bonds is 1. The smallest absolute Gasteiger partial charge is 0.261 e. The van der Waals surface area contributed by atoms with E-state index in [0.29, 0.717) is 5.04 Å². The highest BCUT2D eigenvalue weighted by molar-refractivity contribution is 8.13. The van der Waals surface area contributed by atoms with Gasteiger partial charge >= 0.3 is 0 Å². The molecule has 0 saturated carbocycles. The number of hydrogen-bond acceptors (Lipinski definition) is 4. The van der Waals surface area contributed by atoms with Crippen LogP contribution in [0.5, 0.6) is 0 Å². The van der Waals surface area contributed by atoms with Crippen LogP contribution >= 0.6 is 11.8 Å². The van der Waals surface area contributed by atoms with E-state index < -0.39 is 11.2 Å². The molecule has 0 aromatic carbocycles. The van der Waals surface area contributed by atoms with Crippen LogP contribution in [0.15, 0.2) is 5.29 Å². The van der Waals surface area contributed by atoms with E-state index >= 15 is 0 Å². The lowest BCUT2D eigenvalue weighted by molar-refractivity contribution is -0.557.